The van der Waals surface area contributed by atoms with Crippen LogP contribution in [0.1, 0.15) is 11.1 Å². The molecule has 1 saturated heterocycles. The van der Waals surface area contributed by atoms with Gasteiger partial charge >= 0.3 is 0 Å². The molecule has 0 N–H and O–H groups in total. The minimum atomic E-state index is -0.914. The van der Waals surface area contributed by atoms with Crippen molar-refractivity contribution in [3.8, 4) is 5.75 Å². The van der Waals surface area contributed by atoms with Gasteiger partial charge in [-0.2, -0.15) is 0 Å². The molecule has 2 aromatic carbocycles. The van der Waals surface area contributed by atoms with E-state index in [2.05, 4.69) is 20.9 Å². The maximum absolute atomic E-state index is 6.43. The SMILES string of the molecule is Cc1cc(Cl)ccc1C1(Cn2ccnc2)OCC(COc2ccc(Br)cc2)O1. The Bertz CT molecular complexity index is 933. The molecule has 1 aliphatic rings. The monoisotopic (exact) mass is 462 g/mol. The highest BCUT2D eigenvalue weighted by Gasteiger charge is 2.44. The van der Waals surface area contributed by atoms with Crippen LogP contribution in [-0.2, 0) is 21.8 Å². The second-order valence-corrected chi connectivity index (χ2v) is 8.12. The molecule has 0 spiro atoms. The first-order valence-corrected chi connectivity index (χ1v) is 10.1. The summed E-state index contributed by atoms with van der Waals surface area (Å²) in [5.74, 6) is -0.120. The molecule has 2 unspecified atom stereocenters. The number of aryl methyl sites for hydroxylation is 1. The maximum Gasteiger partial charge on any atom is 0.214 e. The Kier molecular flexibility index (Phi) is 5.73. The lowest BCUT2D eigenvalue weighted by atomic mass is 10.00. The van der Waals surface area contributed by atoms with Crippen molar-refractivity contribution in [1.29, 1.82) is 0 Å². The average Bonchev–Trinajstić information content (AvgIpc) is 3.32. The summed E-state index contributed by atoms with van der Waals surface area (Å²) < 4.78 is 21.5. The molecule has 7 heteroatoms. The first kappa shape index (κ1) is 19.5. The van der Waals surface area contributed by atoms with Crippen molar-refractivity contribution in [2.45, 2.75) is 25.4 Å². The van der Waals surface area contributed by atoms with Gasteiger partial charge in [-0.05, 0) is 48.9 Å². The lowest BCUT2D eigenvalue weighted by Gasteiger charge is -2.30. The molecule has 146 valence electrons. The summed E-state index contributed by atoms with van der Waals surface area (Å²) in [6.45, 7) is 3.34. The first-order chi connectivity index (χ1) is 13.5. The van der Waals surface area contributed by atoms with E-state index in [1.807, 2.05) is 60.2 Å². The smallest absolute Gasteiger partial charge is 0.214 e. The van der Waals surface area contributed by atoms with Crippen molar-refractivity contribution in [3.05, 3.63) is 81.8 Å². The number of imidazole rings is 1. The number of benzene rings is 2. The summed E-state index contributed by atoms with van der Waals surface area (Å²) in [5.41, 5.74) is 1.97. The van der Waals surface area contributed by atoms with Gasteiger partial charge in [0.25, 0.3) is 0 Å². The van der Waals surface area contributed by atoms with Crippen molar-refractivity contribution in [2.24, 2.45) is 0 Å². The molecule has 1 fully saturated rings. The minimum Gasteiger partial charge on any atom is -0.491 e. The molecular weight excluding hydrogens is 444 g/mol. The molecule has 0 radical (unpaired) electrons. The molecule has 0 aliphatic carbocycles. The van der Waals surface area contributed by atoms with Gasteiger partial charge in [0.2, 0.25) is 5.79 Å². The van der Waals surface area contributed by atoms with Crippen LogP contribution in [0.4, 0.5) is 0 Å². The van der Waals surface area contributed by atoms with E-state index < -0.39 is 5.79 Å². The highest BCUT2D eigenvalue weighted by atomic mass is 79.9. The Hall–Kier alpha value is -1.86. The highest BCUT2D eigenvalue weighted by molar-refractivity contribution is 9.10. The summed E-state index contributed by atoms with van der Waals surface area (Å²) in [6.07, 6.45) is 5.20. The van der Waals surface area contributed by atoms with Crippen LogP contribution in [0.25, 0.3) is 0 Å². The number of halogens is 2. The normalized spacial score (nSPS) is 21.8. The van der Waals surface area contributed by atoms with Crippen molar-refractivity contribution in [1.82, 2.24) is 9.55 Å². The summed E-state index contributed by atoms with van der Waals surface area (Å²) in [5, 5.41) is 0.687. The summed E-state index contributed by atoms with van der Waals surface area (Å²) in [6, 6.07) is 13.5. The van der Waals surface area contributed by atoms with Gasteiger partial charge < -0.3 is 18.8 Å². The Balaban J connectivity index is 1.54. The van der Waals surface area contributed by atoms with Crippen molar-refractivity contribution in [3.63, 3.8) is 0 Å². The summed E-state index contributed by atoms with van der Waals surface area (Å²) in [4.78, 5) is 4.13. The van der Waals surface area contributed by atoms with Crippen LogP contribution >= 0.6 is 27.5 Å². The largest absolute Gasteiger partial charge is 0.491 e. The van der Waals surface area contributed by atoms with Crippen LogP contribution in [0, 0.1) is 6.92 Å². The van der Waals surface area contributed by atoms with Crippen LogP contribution in [0.2, 0.25) is 5.02 Å². The topological polar surface area (TPSA) is 45.5 Å². The molecule has 5 nitrogen and oxygen atoms in total. The van der Waals surface area contributed by atoms with E-state index in [0.29, 0.717) is 24.8 Å². The number of hydrogen-bond acceptors (Lipinski definition) is 4. The molecule has 1 aromatic heterocycles. The Morgan fingerprint density at radius 2 is 2.11 bits per heavy atom. The van der Waals surface area contributed by atoms with Crippen LogP contribution < -0.4 is 4.74 Å². The van der Waals surface area contributed by atoms with Crippen LogP contribution in [-0.4, -0.2) is 28.9 Å². The second kappa shape index (κ2) is 8.25. The fourth-order valence-corrected chi connectivity index (χ4v) is 3.84. The van der Waals surface area contributed by atoms with Gasteiger partial charge in [-0.25, -0.2) is 4.98 Å². The molecule has 2 atom stereocenters. The average molecular weight is 464 g/mol. The van der Waals surface area contributed by atoms with E-state index in [0.717, 1.165) is 21.3 Å². The van der Waals surface area contributed by atoms with Gasteiger partial charge in [0.15, 0.2) is 0 Å². The van der Waals surface area contributed by atoms with E-state index in [4.69, 9.17) is 25.8 Å². The molecule has 1 aliphatic heterocycles. The van der Waals surface area contributed by atoms with Crippen LogP contribution in [0.15, 0.2) is 65.7 Å². The number of hydrogen-bond donors (Lipinski definition) is 0. The molecule has 28 heavy (non-hydrogen) atoms. The predicted octanol–water partition coefficient (Wildman–Crippen LogP) is 4.95. The van der Waals surface area contributed by atoms with Gasteiger partial charge in [-0.3, -0.25) is 0 Å². The quantitative estimate of drug-likeness (QED) is 0.519. The highest BCUT2D eigenvalue weighted by Crippen LogP contribution is 2.38. The number of nitrogens with zero attached hydrogens (tertiary/aromatic N) is 2. The standard InChI is InChI=1S/C21H20BrClN2O3/c1-15-10-17(23)4-7-20(15)21(13-25-9-8-24-14-25)27-12-19(28-21)11-26-18-5-2-16(22)3-6-18/h2-10,14,19H,11-13H2,1H3. The third-order valence-electron chi connectivity index (χ3n) is 4.66. The first-order valence-electron chi connectivity index (χ1n) is 8.97. The van der Waals surface area contributed by atoms with E-state index in [9.17, 15) is 0 Å². The van der Waals surface area contributed by atoms with Crippen LogP contribution in [0.3, 0.4) is 0 Å². The predicted molar refractivity (Wildman–Crippen MR) is 111 cm³/mol. The van der Waals surface area contributed by atoms with E-state index in [1.54, 1.807) is 12.5 Å². The van der Waals surface area contributed by atoms with Gasteiger partial charge in [-0.15, -0.1) is 0 Å². The Labute approximate surface area is 177 Å². The molecule has 0 bridgehead atoms. The van der Waals surface area contributed by atoms with Crippen molar-refractivity contribution < 1.29 is 14.2 Å². The number of ether oxygens (including phenoxy) is 3. The molecule has 4 rings (SSSR count). The van der Waals surface area contributed by atoms with E-state index in [1.165, 1.54) is 0 Å². The lowest BCUT2D eigenvalue weighted by Crippen LogP contribution is -2.35. The van der Waals surface area contributed by atoms with Crippen LogP contribution in [0.5, 0.6) is 5.75 Å². The van der Waals surface area contributed by atoms with Crippen molar-refractivity contribution >= 4 is 27.5 Å². The van der Waals surface area contributed by atoms with Gasteiger partial charge in [0, 0.05) is 27.5 Å². The fraction of sp³-hybridized carbons (Fsp3) is 0.286. The zero-order valence-electron chi connectivity index (χ0n) is 15.3. The van der Waals surface area contributed by atoms with E-state index in [-0.39, 0.29) is 6.10 Å². The Morgan fingerprint density at radius 1 is 1.29 bits per heavy atom. The Morgan fingerprint density at radius 3 is 2.82 bits per heavy atom. The van der Waals surface area contributed by atoms with Crippen molar-refractivity contribution in [2.75, 3.05) is 13.2 Å². The van der Waals surface area contributed by atoms with Gasteiger partial charge in [-0.1, -0.05) is 33.6 Å². The molecule has 3 aromatic rings. The van der Waals surface area contributed by atoms with Gasteiger partial charge in [0.1, 0.15) is 18.5 Å². The second-order valence-electron chi connectivity index (χ2n) is 6.76. The third-order valence-corrected chi connectivity index (χ3v) is 5.42. The summed E-state index contributed by atoms with van der Waals surface area (Å²) >= 11 is 9.58. The minimum absolute atomic E-state index is 0.192. The number of aromatic nitrogens is 2. The van der Waals surface area contributed by atoms with E-state index >= 15 is 0 Å². The molecule has 0 saturated carbocycles. The lowest BCUT2D eigenvalue weighted by molar-refractivity contribution is -0.189. The zero-order valence-corrected chi connectivity index (χ0v) is 17.7. The molecule has 0 amide bonds. The van der Waals surface area contributed by atoms with Gasteiger partial charge in [0.05, 0.1) is 19.5 Å². The summed E-state index contributed by atoms with van der Waals surface area (Å²) in [7, 11) is 0. The fourth-order valence-electron chi connectivity index (χ4n) is 3.35. The number of rotatable bonds is 6. The third kappa shape index (κ3) is 4.25. The molecule has 2 heterocycles. The maximum atomic E-state index is 6.43. The molecular formula is C21H20BrClN2O3. The zero-order chi connectivity index (χ0) is 19.6.